The molecule has 3 amide bonds. The maximum absolute atomic E-state index is 13.1. The minimum atomic E-state index is -0.379. The van der Waals surface area contributed by atoms with Gasteiger partial charge in [0, 0.05) is 32.2 Å². The van der Waals surface area contributed by atoms with Gasteiger partial charge >= 0.3 is 6.03 Å². The summed E-state index contributed by atoms with van der Waals surface area (Å²) in [6.07, 6.45) is 7.35. The fourth-order valence-corrected chi connectivity index (χ4v) is 5.20. The zero-order valence-corrected chi connectivity index (χ0v) is 21.0. The van der Waals surface area contributed by atoms with Crippen LogP contribution in [0.5, 0.6) is 0 Å². The monoisotopic (exact) mass is 482 g/mol. The van der Waals surface area contributed by atoms with E-state index in [1.165, 1.54) is 19.3 Å². The standard InChI is InChI=1S/C26H38N6O3/c1-18-23(25(34)32(30(18)3)22-12-8-5-9-13-22)29-24(33)19(2)31-16-14-21(15-17-31)28-26(35)27-20-10-6-4-7-11-20/h5,8-9,12-13,19-21H,4,6-7,10-11,14-17H2,1-3H3,(H,29,33)(H2,27,28,35). The summed E-state index contributed by atoms with van der Waals surface area (Å²) < 4.78 is 3.32. The summed E-state index contributed by atoms with van der Waals surface area (Å²) in [5.74, 6) is -0.197. The lowest BCUT2D eigenvalue weighted by molar-refractivity contribution is -0.121. The molecule has 1 unspecified atom stereocenters. The van der Waals surface area contributed by atoms with E-state index in [4.69, 9.17) is 0 Å². The molecule has 2 aromatic rings. The van der Waals surface area contributed by atoms with Gasteiger partial charge in [-0.1, -0.05) is 37.5 Å². The fraction of sp³-hybridized carbons (Fsp3) is 0.577. The minimum Gasteiger partial charge on any atom is -0.335 e. The second-order valence-corrected chi connectivity index (χ2v) is 9.86. The zero-order valence-electron chi connectivity index (χ0n) is 21.0. The van der Waals surface area contributed by atoms with Crippen LogP contribution in [0.25, 0.3) is 5.69 Å². The van der Waals surface area contributed by atoms with Crippen LogP contribution in [0.4, 0.5) is 10.5 Å². The van der Waals surface area contributed by atoms with E-state index in [0.717, 1.165) is 31.4 Å². The molecule has 2 fully saturated rings. The van der Waals surface area contributed by atoms with Gasteiger partial charge in [-0.15, -0.1) is 0 Å². The number of piperidine rings is 1. The third kappa shape index (κ3) is 5.78. The molecule has 4 rings (SSSR count). The number of carbonyl (C=O) groups excluding carboxylic acids is 2. The Morgan fingerprint density at radius 1 is 0.943 bits per heavy atom. The number of amides is 3. The van der Waals surface area contributed by atoms with Crippen molar-refractivity contribution >= 4 is 17.6 Å². The molecule has 1 atom stereocenters. The topological polar surface area (TPSA) is 100 Å². The maximum atomic E-state index is 13.1. The van der Waals surface area contributed by atoms with Gasteiger partial charge in [0.05, 0.1) is 17.4 Å². The molecular weight excluding hydrogens is 444 g/mol. The maximum Gasteiger partial charge on any atom is 0.315 e. The summed E-state index contributed by atoms with van der Waals surface area (Å²) in [5.41, 5.74) is 1.51. The lowest BCUT2D eigenvalue weighted by Gasteiger charge is -2.35. The molecule has 0 radical (unpaired) electrons. The highest BCUT2D eigenvalue weighted by molar-refractivity contribution is 5.95. The Bertz CT molecular complexity index is 1080. The summed E-state index contributed by atoms with van der Waals surface area (Å²) in [4.78, 5) is 40.6. The molecule has 35 heavy (non-hydrogen) atoms. The average Bonchev–Trinajstić information content (AvgIpc) is 3.08. The lowest BCUT2D eigenvalue weighted by atomic mass is 9.96. The van der Waals surface area contributed by atoms with Crippen LogP contribution in [0.1, 0.15) is 57.6 Å². The number of nitrogens with one attached hydrogen (secondary N) is 3. The zero-order chi connectivity index (χ0) is 24.9. The summed E-state index contributed by atoms with van der Waals surface area (Å²) >= 11 is 0. The third-order valence-electron chi connectivity index (χ3n) is 7.53. The van der Waals surface area contributed by atoms with Gasteiger partial charge in [-0.3, -0.25) is 19.2 Å². The van der Waals surface area contributed by atoms with E-state index >= 15 is 0 Å². The van der Waals surface area contributed by atoms with Crippen molar-refractivity contribution in [3.8, 4) is 5.69 Å². The Kier molecular flexibility index (Phi) is 7.95. The van der Waals surface area contributed by atoms with E-state index in [2.05, 4.69) is 20.9 Å². The number of hydrogen-bond donors (Lipinski definition) is 3. The quantitative estimate of drug-likeness (QED) is 0.589. The van der Waals surface area contributed by atoms with Crippen LogP contribution < -0.4 is 21.5 Å². The number of aromatic nitrogens is 2. The van der Waals surface area contributed by atoms with E-state index in [9.17, 15) is 14.4 Å². The number of benzene rings is 1. The number of rotatable bonds is 6. The second kappa shape index (κ2) is 11.1. The van der Waals surface area contributed by atoms with Crippen LogP contribution >= 0.6 is 0 Å². The van der Waals surface area contributed by atoms with Gasteiger partial charge in [0.25, 0.3) is 5.56 Å². The van der Waals surface area contributed by atoms with Gasteiger partial charge in [-0.05, 0) is 51.7 Å². The minimum absolute atomic E-state index is 0.0737. The first-order valence-corrected chi connectivity index (χ1v) is 12.8. The predicted molar refractivity (Wildman–Crippen MR) is 137 cm³/mol. The molecular formula is C26H38N6O3. The molecule has 2 heterocycles. The van der Waals surface area contributed by atoms with Gasteiger partial charge < -0.3 is 16.0 Å². The van der Waals surface area contributed by atoms with Crippen LogP contribution in [0.2, 0.25) is 0 Å². The van der Waals surface area contributed by atoms with Crippen molar-refractivity contribution in [2.24, 2.45) is 7.05 Å². The first kappa shape index (κ1) is 25.0. The number of urea groups is 1. The van der Waals surface area contributed by atoms with Crippen molar-refractivity contribution in [1.29, 1.82) is 0 Å². The van der Waals surface area contributed by atoms with Crippen LogP contribution in [0.3, 0.4) is 0 Å². The molecule has 1 aromatic carbocycles. The summed E-state index contributed by atoms with van der Waals surface area (Å²) in [7, 11) is 1.81. The van der Waals surface area contributed by atoms with Crippen molar-refractivity contribution < 1.29 is 9.59 Å². The first-order valence-electron chi connectivity index (χ1n) is 12.8. The van der Waals surface area contributed by atoms with Gasteiger partial charge in [0.15, 0.2) is 0 Å². The van der Waals surface area contributed by atoms with E-state index in [-0.39, 0.29) is 29.6 Å². The highest BCUT2D eigenvalue weighted by Gasteiger charge is 2.29. The van der Waals surface area contributed by atoms with E-state index in [1.807, 2.05) is 51.2 Å². The molecule has 0 spiro atoms. The van der Waals surface area contributed by atoms with Gasteiger partial charge in [-0.25, -0.2) is 9.48 Å². The van der Waals surface area contributed by atoms with Crippen molar-refractivity contribution in [3.63, 3.8) is 0 Å². The van der Waals surface area contributed by atoms with Gasteiger partial charge in [-0.2, -0.15) is 0 Å². The summed E-state index contributed by atoms with van der Waals surface area (Å²) in [6.45, 7) is 5.12. The Morgan fingerprint density at radius 2 is 1.54 bits per heavy atom. The highest BCUT2D eigenvalue weighted by Crippen LogP contribution is 2.19. The van der Waals surface area contributed by atoms with Crippen LogP contribution in [0.15, 0.2) is 35.1 Å². The summed E-state index contributed by atoms with van der Waals surface area (Å²) in [6, 6.07) is 9.33. The molecule has 1 aromatic heterocycles. The third-order valence-corrected chi connectivity index (χ3v) is 7.53. The molecule has 9 heteroatoms. The van der Waals surface area contributed by atoms with E-state index in [0.29, 0.717) is 30.5 Å². The highest BCUT2D eigenvalue weighted by atomic mass is 16.2. The smallest absolute Gasteiger partial charge is 0.315 e. The SMILES string of the molecule is Cc1c(NC(=O)C(C)N2CCC(NC(=O)NC3CCCCC3)CC2)c(=O)n(-c2ccccc2)n1C. The van der Waals surface area contributed by atoms with Gasteiger partial charge in [0.1, 0.15) is 5.69 Å². The number of anilines is 1. The molecule has 0 bridgehead atoms. The first-order chi connectivity index (χ1) is 16.8. The Balaban J connectivity index is 1.31. The Labute approximate surface area is 206 Å². The van der Waals surface area contributed by atoms with E-state index < -0.39 is 0 Å². The Morgan fingerprint density at radius 3 is 2.17 bits per heavy atom. The van der Waals surface area contributed by atoms with Crippen molar-refractivity contribution in [3.05, 3.63) is 46.4 Å². The van der Waals surface area contributed by atoms with Crippen molar-refractivity contribution in [1.82, 2.24) is 24.9 Å². The molecule has 1 saturated carbocycles. The Hall–Kier alpha value is -3.07. The molecule has 1 saturated heterocycles. The average molecular weight is 483 g/mol. The van der Waals surface area contributed by atoms with E-state index in [1.54, 1.807) is 9.36 Å². The molecule has 190 valence electrons. The summed E-state index contributed by atoms with van der Waals surface area (Å²) in [5, 5.41) is 9.10. The lowest BCUT2D eigenvalue weighted by Crippen LogP contribution is -2.53. The van der Waals surface area contributed by atoms with Crippen LogP contribution in [-0.2, 0) is 11.8 Å². The predicted octanol–water partition coefficient (Wildman–Crippen LogP) is 2.91. The number of para-hydroxylation sites is 1. The number of hydrogen-bond acceptors (Lipinski definition) is 4. The van der Waals surface area contributed by atoms with Gasteiger partial charge in [0.2, 0.25) is 5.91 Å². The van der Waals surface area contributed by atoms with Crippen molar-refractivity contribution in [2.75, 3.05) is 18.4 Å². The molecule has 3 N–H and O–H groups in total. The molecule has 2 aliphatic rings. The molecule has 9 nitrogen and oxygen atoms in total. The van der Waals surface area contributed by atoms with Crippen LogP contribution in [-0.4, -0.2) is 57.4 Å². The largest absolute Gasteiger partial charge is 0.335 e. The number of nitrogens with zero attached hydrogens (tertiary/aromatic N) is 3. The van der Waals surface area contributed by atoms with Crippen LogP contribution in [0, 0.1) is 6.92 Å². The number of likely N-dealkylation sites (tertiary alicyclic amines) is 1. The number of carbonyl (C=O) groups is 2. The second-order valence-electron chi connectivity index (χ2n) is 9.86. The normalized spacial score (nSPS) is 18.7. The molecule has 1 aliphatic heterocycles. The van der Waals surface area contributed by atoms with Crippen molar-refractivity contribution in [2.45, 2.75) is 76.9 Å². The fourth-order valence-electron chi connectivity index (χ4n) is 5.20. The molecule has 1 aliphatic carbocycles.